The van der Waals surface area contributed by atoms with E-state index in [1.165, 1.54) is 36.3 Å². The van der Waals surface area contributed by atoms with Gasteiger partial charge in [0.2, 0.25) is 0 Å². The van der Waals surface area contributed by atoms with Crippen molar-refractivity contribution in [3.8, 4) is 0 Å². The van der Waals surface area contributed by atoms with Crippen LogP contribution in [0.2, 0.25) is 0 Å². The largest absolute Gasteiger partial charge is 0.393 e. The highest BCUT2D eigenvalue weighted by molar-refractivity contribution is 8.00. The second kappa shape index (κ2) is 5.81. The van der Waals surface area contributed by atoms with Crippen molar-refractivity contribution in [1.29, 1.82) is 0 Å². The van der Waals surface area contributed by atoms with Crippen LogP contribution in [0.5, 0.6) is 0 Å². The van der Waals surface area contributed by atoms with Crippen molar-refractivity contribution >= 4 is 29.0 Å². The summed E-state index contributed by atoms with van der Waals surface area (Å²) < 4.78 is 0. The van der Waals surface area contributed by atoms with Gasteiger partial charge in [0.05, 0.1) is 4.99 Å². The van der Waals surface area contributed by atoms with E-state index in [2.05, 4.69) is 29.2 Å². The predicted molar refractivity (Wildman–Crippen MR) is 85.8 cm³/mol. The summed E-state index contributed by atoms with van der Waals surface area (Å²) in [7, 11) is 0. The lowest BCUT2D eigenvalue weighted by Crippen LogP contribution is -2.35. The molecule has 1 aromatic rings. The summed E-state index contributed by atoms with van der Waals surface area (Å²) in [6.07, 6.45) is 4.76. The van der Waals surface area contributed by atoms with Gasteiger partial charge in [-0.1, -0.05) is 30.4 Å². The highest BCUT2D eigenvalue weighted by Crippen LogP contribution is 2.38. The molecule has 1 aliphatic carbocycles. The Hall–Kier alpha value is -0.580. The van der Waals surface area contributed by atoms with Crippen LogP contribution in [0.3, 0.4) is 0 Å². The number of thiocarbonyl (C=S) groups is 1. The SMILES string of the molecule is NC(=S)CCN(CC1Cc2ccccc2S1)C1CC1. The summed E-state index contributed by atoms with van der Waals surface area (Å²) in [5.41, 5.74) is 7.15. The Bertz CT molecular complexity index is 446. The van der Waals surface area contributed by atoms with Crippen LogP contribution < -0.4 is 5.73 Å². The lowest BCUT2D eigenvalue weighted by Gasteiger charge is -2.24. The van der Waals surface area contributed by atoms with Gasteiger partial charge in [-0.3, -0.25) is 4.90 Å². The molecule has 0 radical (unpaired) electrons. The van der Waals surface area contributed by atoms with Crippen molar-refractivity contribution in [3.05, 3.63) is 29.8 Å². The monoisotopic (exact) mass is 292 g/mol. The van der Waals surface area contributed by atoms with Crippen LogP contribution in [-0.2, 0) is 6.42 Å². The number of nitrogens with zero attached hydrogens (tertiary/aromatic N) is 1. The lowest BCUT2D eigenvalue weighted by atomic mass is 10.1. The molecule has 1 atom stereocenters. The van der Waals surface area contributed by atoms with Crippen molar-refractivity contribution in [2.75, 3.05) is 13.1 Å². The predicted octanol–water partition coefficient (Wildman–Crippen LogP) is 2.84. The molecule has 1 saturated carbocycles. The quantitative estimate of drug-likeness (QED) is 0.817. The normalized spacial score (nSPS) is 21.6. The first-order chi connectivity index (χ1) is 9.22. The summed E-state index contributed by atoms with van der Waals surface area (Å²) in [5, 5.41) is 0.698. The van der Waals surface area contributed by atoms with Gasteiger partial charge in [-0.05, 0) is 30.9 Å². The van der Waals surface area contributed by atoms with E-state index in [0.717, 1.165) is 19.0 Å². The average molecular weight is 292 g/mol. The molecule has 3 rings (SSSR count). The van der Waals surface area contributed by atoms with Crippen LogP contribution in [0.4, 0.5) is 0 Å². The molecule has 1 fully saturated rings. The van der Waals surface area contributed by atoms with Gasteiger partial charge in [0.1, 0.15) is 0 Å². The average Bonchev–Trinajstić information content (AvgIpc) is 3.14. The van der Waals surface area contributed by atoms with Crippen LogP contribution in [0.25, 0.3) is 0 Å². The van der Waals surface area contributed by atoms with Gasteiger partial charge < -0.3 is 5.73 Å². The maximum absolute atomic E-state index is 5.64. The summed E-state index contributed by atoms with van der Waals surface area (Å²) in [6, 6.07) is 9.58. The number of hydrogen-bond acceptors (Lipinski definition) is 3. The van der Waals surface area contributed by atoms with E-state index in [0.29, 0.717) is 10.2 Å². The second-order valence-corrected chi connectivity index (χ2v) is 7.36. The van der Waals surface area contributed by atoms with E-state index in [-0.39, 0.29) is 0 Å². The van der Waals surface area contributed by atoms with Gasteiger partial charge in [0.15, 0.2) is 0 Å². The maximum Gasteiger partial charge on any atom is 0.0740 e. The van der Waals surface area contributed by atoms with Crippen molar-refractivity contribution in [2.24, 2.45) is 5.73 Å². The molecular formula is C15H20N2S2. The van der Waals surface area contributed by atoms with Crippen LogP contribution >= 0.6 is 24.0 Å². The van der Waals surface area contributed by atoms with E-state index >= 15 is 0 Å². The molecule has 102 valence electrons. The summed E-state index contributed by atoms with van der Waals surface area (Å²) in [5.74, 6) is 0. The Morgan fingerprint density at radius 1 is 1.37 bits per heavy atom. The summed E-state index contributed by atoms with van der Waals surface area (Å²) in [6.45, 7) is 2.21. The summed E-state index contributed by atoms with van der Waals surface area (Å²) >= 11 is 7.04. The first-order valence-electron chi connectivity index (χ1n) is 6.99. The zero-order chi connectivity index (χ0) is 13.2. The van der Waals surface area contributed by atoms with Crippen LogP contribution in [0.1, 0.15) is 24.8 Å². The van der Waals surface area contributed by atoms with Crippen LogP contribution in [-0.4, -0.2) is 34.3 Å². The minimum Gasteiger partial charge on any atom is -0.393 e. The standard InChI is InChI=1S/C15H20N2S2/c16-15(18)7-8-17(12-5-6-12)10-13-9-11-3-1-2-4-14(11)19-13/h1-4,12-13H,5-10H2,(H2,16,18). The molecule has 0 saturated heterocycles. The molecule has 0 aromatic heterocycles. The fourth-order valence-electron chi connectivity index (χ4n) is 2.73. The second-order valence-electron chi connectivity index (χ2n) is 5.49. The molecule has 1 heterocycles. The van der Waals surface area contributed by atoms with Gasteiger partial charge in [-0.15, -0.1) is 11.8 Å². The molecular weight excluding hydrogens is 272 g/mol. The fraction of sp³-hybridized carbons (Fsp3) is 0.533. The molecule has 19 heavy (non-hydrogen) atoms. The van der Waals surface area contributed by atoms with Crippen molar-refractivity contribution < 1.29 is 0 Å². The van der Waals surface area contributed by atoms with Crippen LogP contribution in [0, 0.1) is 0 Å². The third kappa shape index (κ3) is 3.50. The van der Waals surface area contributed by atoms with E-state index in [9.17, 15) is 0 Å². The van der Waals surface area contributed by atoms with E-state index in [1.54, 1.807) is 0 Å². The molecule has 0 amide bonds. The third-order valence-corrected chi connectivity index (χ3v) is 5.37. The molecule has 4 heteroatoms. The van der Waals surface area contributed by atoms with Gasteiger partial charge in [-0.2, -0.15) is 0 Å². The number of fused-ring (bicyclic) bond motifs is 1. The van der Waals surface area contributed by atoms with Gasteiger partial charge >= 0.3 is 0 Å². The number of hydrogen-bond donors (Lipinski definition) is 1. The van der Waals surface area contributed by atoms with Crippen molar-refractivity contribution in [3.63, 3.8) is 0 Å². The van der Waals surface area contributed by atoms with E-state index in [1.807, 2.05) is 11.8 Å². The van der Waals surface area contributed by atoms with E-state index in [4.69, 9.17) is 18.0 Å². The summed E-state index contributed by atoms with van der Waals surface area (Å²) in [4.78, 5) is 4.72. The topological polar surface area (TPSA) is 29.3 Å². The Morgan fingerprint density at radius 2 is 2.16 bits per heavy atom. The molecule has 2 nitrogen and oxygen atoms in total. The Morgan fingerprint density at radius 3 is 2.84 bits per heavy atom. The molecule has 1 unspecified atom stereocenters. The first kappa shape index (κ1) is 13.4. The smallest absolute Gasteiger partial charge is 0.0740 e. The highest BCUT2D eigenvalue weighted by Gasteiger charge is 2.32. The van der Waals surface area contributed by atoms with Gasteiger partial charge in [0.25, 0.3) is 0 Å². The molecule has 2 aliphatic rings. The zero-order valence-electron chi connectivity index (χ0n) is 11.0. The number of rotatable bonds is 6. The van der Waals surface area contributed by atoms with Gasteiger partial charge in [0, 0.05) is 35.7 Å². The Labute approximate surface area is 124 Å². The molecule has 1 aromatic carbocycles. The van der Waals surface area contributed by atoms with Crippen LogP contribution in [0.15, 0.2) is 29.2 Å². The van der Waals surface area contributed by atoms with E-state index < -0.39 is 0 Å². The fourth-order valence-corrected chi connectivity index (χ4v) is 4.17. The van der Waals surface area contributed by atoms with Gasteiger partial charge in [-0.25, -0.2) is 0 Å². The molecule has 1 aliphatic heterocycles. The minimum atomic E-state index is 0.646. The molecule has 2 N–H and O–H groups in total. The zero-order valence-corrected chi connectivity index (χ0v) is 12.7. The van der Waals surface area contributed by atoms with Crippen molar-refractivity contribution in [1.82, 2.24) is 4.90 Å². The third-order valence-electron chi connectivity index (χ3n) is 3.86. The Balaban J connectivity index is 1.57. The molecule has 0 bridgehead atoms. The lowest BCUT2D eigenvalue weighted by molar-refractivity contribution is 0.272. The number of nitrogens with two attached hydrogens (primary N) is 1. The Kier molecular flexibility index (Phi) is 4.10. The number of benzene rings is 1. The van der Waals surface area contributed by atoms with Crippen molar-refractivity contribution in [2.45, 2.75) is 41.9 Å². The first-order valence-corrected chi connectivity index (χ1v) is 8.28. The maximum atomic E-state index is 5.64. The number of thioether (sulfide) groups is 1. The molecule has 0 spiro atoms. The minimum absolute atomic E-state index is 0.646. The highest BCUT2D eigenvalue weighted by atomic mass is 32.2.